The third kappa shape index (κ3) is 5.63. The van der Waals surface area contributed by atoms with Gasteiger partial charge in [0.05, 0.1) is 24.3 Å². The van der Waals surface area contributed by atoms with Crippen molar-refractivity contribution in [2.24, 2.45) is 0 Å². The molecule has 1 aromatic heterocycles. The Bertz CT molecular complexity index is 1510. The van der Waals surface area contributed by atoms with Crippen LogP contribution in [0.4, 0.5) is 5.69 Å². The fourth-order valence-corrected chi connectivity index (χ4v) is 5.54. The summed E-state index contributed by atoms with van der Waals surface area (Å²) >= 11 is 0. The molecule has 214 valence electrons. The van der Waals surface area contributed by atoms with Crippen LogP contribution in [0.15, 0.2) is 42.5 Å². The quantitative estimate of drug-likeness (QED) is 0.375. The number of carbonyl (C=O) groups excluding carboxylic acids is 3. The lowest BCUT2D eigenvalue weighted by atomic mass is 10.0. The first-order chi connectivity index (χ1) is 19.7. The number of aromatic amines is 1. The number of H-pyrrole nitrogens is 1. The Balaban J connectivity index is 1.37. The van der Waals surface area contributed by atoms with Crippen LogP contribution in [0.3, 0.4) is 0 Å². The van der Waals surface area contributed by atoms with Gasteiger partial charge in [0.2, 0.25) is 0 Å². The highest BCUT2D eigenvalue weighted by Gasteiger charge is 2.29. The average Bonchev–Trinajstić information content (AvgIpc) is 3.45. The number of likely N-dealkylation sites (N-methyl/N-ethyl adjacent to an activating group) is 1. The third-order valence-electron chi connectivity index (χ3n) is 8.11. The van der Waals surface area contributed by atoms with Crippen LogP contribution in [0, 0.1) is 13.8 Å². The van der Waals surface area contributed by atoms with Gasteiger partial charge in [-0.1, -0.05) is 19.1 Å². The van der Waals surface area contributed by atoms with Gasteiger partial charge in [-0.05, 0) is 74.9 Å². The predicted molar refractivity (Wildman–Crippen MR) is 160 cm³/mol. The number of hydrogen-bond acceptors (Lipinski definition) is 5. The number of rotatable bonds is 7. The summed E-state index contributed by atoms with van der Waals surface area (Å²) in [4.78, 5) is 47.1. The Hall–Kier alpha value is -4.37. The lowest BCUT2D eigenvalue weighted by molar-refractivity contribution is -0.110. The van der Waals surface area contributed by atoms with Gasteiger partial charge in [-0.15, -0.1) is 0 Å². The molecule has 3 heterocycles. The second-order valence-corrected chi connectivity index (χ2v) is 10.6. The number of methoxy groups -OCH3 is 1. The minimum Gasteiger partial charge on any atom is -0.497 e. The second-order valence-electron chi connectivity index (χ2n) is 10.6. The Morgan fingerprint density at radius 3 is 2.44 bits per heavy atom. The highest BCUT2D eigenvalue weighted by Crippen LogP contribution is 2.35. The maximum absolute atomic E-state index is 13.4. The first-order valence-electron chi connectivity index (χ1n) is 14.0. The van der Waals surface area contributed by atoms with Gasteiger partial charge in [0.1, 0.15) is 5.75 Å². The van der Waals surface area contributed by atoms with E-state index in [0.717, 1.165) is 42.2 Å². The van der Waals surface area contributed by atoms with E-state index in [1.165, 1.54) is 0 Å². The van der Waals surface area contributed by atoms with Crippen LogP contribution in [0.2, 0.25) is 0 Å². The van der Waals surface area contributed by atoms with Crippen LogP contribution >= 0.6 is 0 Å². The van der Waals surface area contributed by atoms with E-state index >= 15 is 0 Å². The highest BCUT2D eigenvalue weighted by atomic mass is 16.5. The van der Waals surface area contributed by atoms with E-state index in [1.807, 2.05) is 49.9 Å². The second kappa shape index (κ2) is 11.6. The minimum atomic E-state index is -0.251. The fraction of sp³-hybridized carbons (Fsp3) is 0.344. The molecule has 2 aliphatic rings. The Morgan fingerprint density at radius 2 is 1.78 bits per heavy atom. The smallest absolute Gasteiger partial charge is 0.256 e. The molecular formula is C32H37N5O4. The number of aryl methyl sites for hydroxylation is 1. The largest absolute Gasteiger partial charge is 0.497 e. The lowest BCUT2D eigenvalue weighted by Gasteiger charge is -2.34. The lowest BCUT2D eigenvalue weighted by Crippen LogP contribution is -2.48. The van der Waals surface area contributed by atoms with Crippen molar-refractivity contribution in [2.45, 2.75) is 33.7 Å². The number of fused-ring (bicyclic) bond motifs is 1. The molecule has 0 radical (unpaired) electrons. The molecule has 3 aromatic rings. The molecule has 2 aliphatic heterocycles. The van der Waals surface area contributed by atoms with Crippen molar-refractivity contribution in [3.05, 3.63) is 81.7 Å². The maximum Gasteiger partial charge on any atom is 0.256 e. The van der Waals surface area contributed by atoms with Crippen LogP contribution in [-0.2, 0) is 4.79 Å². The first-order valence-corrected chi connectivity index (χ1v) is 14.0. The molecule has 41 heavy (non-hydrogen) atoms. The van der Waals surface area contributed by atoms with Crippen molar-refractivity contribution >= 4 is 35.1 Å². The van der Waals surface area contributed by atoms with Gasteiger partial charge in [-0.25, -0.2) is 0 Å². The molecule has 9 heteroatoms. The number of nitrogens with zero attached hydrogens (tertiary/aromatic N) is 2. The van der Waals surface area contributed by atoms with E-state index in [1.54, 1.807) is 31.4 Å². The van der Waals surface area contributed by atoms with Crippen molar-refractivity contribution in [2.75, 3.05) is 45.2 Å². The number of ether oxygens (including phenoxy) is 1. The number of anilines is 1. The molecule has 2 aromatic carbocycles. The molecule has 3 amide bonds. The van der Waals surface area contributed by atoms with E-state index < -0.39 is 0 Å². The molecular weight excluding hydrogens is 518 g/mol. The molecule has 3 N–H and O–H groups in total. The average molecular weight is 556 g/mol. The van der Waals surface area contributed by atoms with E-state index in [4.69, 9.17) is 4.74 Å². The molecule has 0 spiro atoms. The van der Waals surface area contributed by atoms with E-state index in [0.29, 0.717) is 46.7 Å². The number of aromatic nitrogens is 1. The zero-order valence-electron chi connectivity index (χ0n) is 24.3. The predicted octanol–water partition coefficient (Wildman–Crippen LogP) is 4.40. The molecule has 0 saturated carbocycles. The fourth-order valence-electron chi connectivity index (χ4n) is 5.54. The molecule has 1 fully saturated rings. The van der Waals surface area contributed by atoms with Gasteiger partial charge in [0.15, 0.2) is 0 Å². The van der Waals surface area contributed by atoms with E-state index in [-0.39, 0.29) is 23.8 Å². The number of amides is 3. The summed E-state index contributed by atoms with van der Waals surface area (Å²) in [6.07, 6.45) is 1.77. The van der Waals surface area contributed by atoms with Gasteiger partial charge in [-0.2, -0.15) is 0 Å². The molecule has 0 bridgehead atoms. The summed E-state index contributed by atoms with van der Waals surface area (Å²) in [7, 11) is 1.61. The molecule has 0 aliphatic carbocycles. The normalized spacial score (nSPS) is 16.9. The van der Waals surface area contributed by atoms with Gasteiger partial charge in [-0.3, -0.25) is 14.4 Å². The molecule has 1 atom stereocenters. The van der Waals surface area contributed by atoms with Gasteiger partial charge in [0.25, 0.3) is 17.7 Å². The van der Waals surface area contributed by atoms with Crippen molar-refractivity contribution in [3.63, 3.8) is 0 Å². The number of piperazine rings is 1. The van der Waals surface area contributed by atoms with Gasteiger partial charge in [0, 0.05) is 54.4 Å². The summed E-state index contributed by atoms with van der Waals surface area (Å²) < 4.78 is 5.22. The molecule has 5 rings (SSSR count). The van der Waals surface area contributed by atoms with Crippen molar-refractivity contribution in [1.29, 1.82) is 0 Å². The molecule has 1 saturated heterocycles. The summed E-state index contributed by atoms with van der Waals surface area (Å²) in [5, 5.41) is 5.92. The van der Waals surface area contributed by atoms with Crippen molar-refractivity contribution in [1.82, 2.24) is 20.1 Å². The number of benzene rings is 2. The highest BCUT2D eigenvalue weighted by molar-refractivity contribution is 6.35. The summed E-state index contributed by atoms with van der Waals surface area (Å²) in [5.41, 5.74) is 6.08. The Morgan fingerprint density at radius 1 is 1.07 bits per heavy atom. The number of hydrogen-bond donors (Lipinski definition) is 3. The van der Waals surface area contributed by atoms with Crippen LogP contribution in [-0.4, -0.2) is 72.3 Å². The minimum absolute atomic E-state index is 0.0119. The summed E-state index contributed by atoms with van der Waals surface area (Å²) in [6.45, 7) is 12.0. The van der Waals surface area contributed by atoms with Crippen molar-refractivity contribution < 1.29 is 19.1 Å². The standard InChI is InChI=1S/C32H37N5O4/c1-6-36-13-15-37(16-14-36)32(40)29-19(2)28(33-21(29)4)18-26-25-17-23(9-12-27(25)35-31(26)39)30(38)34-20(3)22-7-10-24(41-5)11-8-22/h7-12,17-18,20,33H,6,13-16H2,1-5H3,(H,34,38)(H,35,39)/b26-18-/t20-/m0/s1. The summed E-state index contributed by atoms with van der Waals surface area (Å²) in [6, 6.07) is 12.5. The zero-order valence-corrected chi connectivity index (χ0v) is 24.3. The first kappa shape index (κ1) is 28.2. The Kier molecular flexibility index (Phi) is 7.99. The molecule has 0 unspecified atom stereocenters. The molecule has 9 nitrogen and oxygen atoms in total. The van der Waals surface area contributed by atoms with Gasteiger partial charge >= 0.3 is 0 Å². The third-order valence-corrected chi connectivity index (χ3v) is 8.11. The van der Waals surface area contributed by atoms with E-state index in [9.17, 15) is 14.4 Å². The van der Waals surface area contributed by atoms with Crippen LogP contribution < -0.4 is 15.4 Å². The summed E-state index contributed by atoms with van der Waals surface area (Å²) in [5.74, 6) is 0.274. The van der Waals surface area contributed by atoms with Crippen molar-refractivity contribution in [3.8, 4) is 5.75 Å². The van der Waals surface area contributed by atoms with E-state index in [2.05, 4.69) is 27.4 Å². The topological polar surface area (TPSA) is 107 Å². The maximum atomic E-state index is 13.4. The Labute approximate surface area is 240 Å². The van der Waals surface area contributed by atoms with Crippen LogP contribution in [0.5, 0.6) is 5.75 Å². The van der Waals surface area contributed by atoms with Gasteiger partial charge < -0.3 is 30.2 Å². The number of nitrogens with one attached hydrogen (secondary N) is 3. The SMILES string of the molecule is CCN1CCN(C(=O)c2c(C)[nH]c(/C=C3\C(=O)Nc4ccc(C(=O)N[C@@H](C)c5ccc(OC)cc5)cc43)c2C)CC1. The van der Waals surface area contributed by atoms with Crippen LogP contribution in [0.25, 0.3) is 11.6 Å². The number of carbonyl (C=O) groups is 3. The zero-order chi connectivity index (χ0) is 29.3. The monoisotopic (exact) mass is 555 g/mol. The van der Waals surface area contributed by atoms with Crippen LogP contribution in [0.1, 0.15) is 68.7 Å².